The van der Waals surface area contributed by atoms with Crippen LogP contribution in [0.2, 0.25) is 0 Å². The van der Waals surface area contributed by atoms with Crippen LogP contribution in [0.4, 0.5) is 0 Å². The van der Waals surface area contributed by atoms with Gasteiger partial charge < -0.3 is 10.1 Å². The number of piperazine rings is 1. The summed E-state index contributed by atoms with van der Waals surface area (Å²) in [4.78, 5) is 0.325. The largest absolute Gasteiger partial charge is 0.497 e. The van der Waals surface area contributed by atoms with E-state index in [1.165, 1.54) is 0 Å². The van der Waals surface area contributed by atoms with Crippen molar-refractivity contribution in [3.63, 3.8) is 0 Å². The molecule has 1 aromatic rings. The summed E-state index contributed by atoms with van der Waals surface area (Å²) >= 11 is 0. The molecular formula is C14H22N2O3S. The van der Waals surface area contributed by atoms with Gasteiger partial charge in [-0.05, 0) is 30.2 Å². The number of nitrogens with zero attached hydrogens (tertiary/aromatic N) is 1. The average molecular weight is 298 g/mol. The van der Waals surface area contributed by atoms with E-state index >= 15 is 0 Å². The lowest BCUT2D eigenvalue weighted by molar-refractivity contribution is 0.217. The summed E-state index contributed by atoms with van der Waals surface area (Å²) in [7, 11) is -1.88. The first-order valence-corrected chi connectivity index (χ1v) is 8.27. The maximum absolute atomic E-state index is 12.8. The predicted octanol–water partition coefficient (Wildman–Crippen LogP) is 1.31. The standard InChI is InChI=1S/C14H22N2O3S/c1-11(2)14-10-15-8-9-16(14)20(17,18)13-6-4-12(19-3)5-7-13/h4-7,11,14-15H,8-10H2,1-3H3. The molecule has 20 heavy (non-hydrogen) atoms. The van der Waals surface area contributed by atoms with Crippen LogP contribution >= 0.6 is 0 Å². The molecule has 5 nitrogen and oxygen atoms in total. The molecule has 0 aromatic heterocycles. The molecule has 0 spiro atoms. The van der Waals surface area contributed by atoms with Crippen molar-refractivity contribution in [3.05, 3.63) is 24.3 Å². The van der Waals surface area contributed by atoms with Crippen molar-refractivity contribution in [3.8, 4) is 5.75 Å². The second-order valence-corrected chi connectivity index (χ2v) is 7.20. The lowest BCUT2D eigenvalue weighted by atomic mass is 10.0. The third-order valence-corrected chi connectivity index (χ3v) is 5.61. The van der Waals surface area contributed by atoms with Gasteiger partial charge >= 0.3 is 0 Å². The molecule has 1 N–H and O–H groups in total. The van der Waals surface area contributed by atoms with Crippen LogP contribution in [0.25, 0.3) is 0 Å². The van der Waals surface area contributed by atoms with Gasteiger partial charge in [0.2, 0.25) is 10.0 Å². The van der Waals surface area contributed by atoms with E-state index in [1.54, 1.807) is 35.7 Å². The van der Waals surface area contributed by atoms with Crippen LogP contribution < -0.4 is 10.1 Å². The molecule has 1 aliphatic rings. The van der Waals surface area contributed by atoms with Gasteiger partial charge in [0.1, 0.15) is 5.75 Å². The first kappa shape index (κ1) is 15.3. The molecule has 1 unspecified atom stereocenters. The molecule has 1 atom stereocenters. The highest BCUT2D eigenvalue weighted by atomic mass is 32.2. The highest BCUT2D eigenvalue weighted by Crippen LogP contribution is 2.24. The maximum atomic E-state index is 12.8. The van der Waals surface area contributed by atoms with E-state index in [4.69, 9.17) is 4.74 Å². The van der Waals surface area contributed by atoms with Crippen molar-refractivity contribution in [1.29, 1.82) is 0 Å². The van der Waals surface area contributed by atoms with Crippen molar-refractivity contribution in [2.75, 3.05) is 26.7 Å². The topological polar surface area (TPSA) is 58.6 Å². The molecule has 1 aliphatic heterocycles. The Kier molecular flexibility index (Phi) is 4.67. The van der Waals surface area contributed by atoms with E-state index in [0.29, 0.717) is 30.3 Å². The number of rotatable bonds is 4. The third kappa shape index (κ3) is 2.97. The number of benzene rings is 1. The molecule has 1 aromatic carbocycles. The summed E-state index contributed by atoms with van der Waals surface area (Å²) in [6, 6.07) is 6.57. The number of hydrogen-bond donors (Lipinski definition) is 1. The zero-order valence-corrected chi connectivity index (χ0v) is 13.0. The molecule has 0 amide bonds. The summed E-state index contributed by atoms with van der Waals surface area (Å²) < 4.78 is 32.2. The highest BCUT2D eigenvalue weighted by Gasteiger charge is 2.34. The smallest absolute Gasteiger partial charge is 0.243 e. The Morgan fingerprint density at radius 1 is 1.30 bits per heavy atom. The Morgan fingerprint density at radius 3 is 2.50 bits per heavy atom. The first-order chi connectivity index (χ1) is 9.46. The molecule has 1 saturated heterocycles. The van der Waals surface area contributed by atoms with Crippen LogP contribution in [0, 0.1) is 5.92 Å². The van der Waals surface area contributed by atoms with E-state index in [-0.39, 0.29) is 12.0 Å². The SMILES string of the molecule is COc1ccc(S(=O)(=O)N2CCNCC2C(C)C)cc1. The van der Waals surface area contributed by atoms with Gasteiger partial charge in [0.25, 0.3) is 0 Å². The predicted molar refractivity (Wildman–Crippen MR) is 78.4 cm³/mol. The molecule has 1 heterocycles. The minimum absolute atomic E-state index is 0.00384. The minimum Gasteiger partial charge on any atom is -0.497 e. The van der Waals surface area contributed by atoms with Crippen molar-refractivity contribution < 1.29 is 13.2 Å². The second kappa shape index (κ2) is 6.11. The Balaban J connectivity index is 2.31. The molecule has 0 saturated carbocycles. The Bertz CT molecular complexity index is 540. The summed E-state index contributed by atoms with van der Waals surface area (Å²) in [5.74, 6) is 0.931. The molecule has 6 heteroatoms. The number of nitrogens with one attached hydrogen (secondary N) is 1. The zero-order valence-electron chi connectivity index (χ0n) is 12.2. The van der Waals surface area contributed by atoms with Crippen molar-refractivity contribution in [2.24, 2.45) is 5.92 Å². The van der Waals surface area contributed by atoms with Crippen LogP contribution in [0.5, 0.6) is 5.75 Å². The normalized spacial score (nSPS) is 21.1. The van der Waals surface area contributed by atoms with E-state index in [2.05, 4.69) is 5.32 Å². The van der Waals surface area contributed by atoms with Crippen molar-refractivity contribution in [2.45, 2.75) is 24.8 Å². The molecule has 0 aliphatic carbocycles. The van der Waals surface area contributed by atoms with Crippen LogP contribution in [0.1, 0.15) is 13.8 Å². The molecule has 1 fully saturated rings. The van der Waals surface area contributed by atoms with Gasteiger partial charge in [-0.25, -0.2) is 8.42 Å². The fourth-order valence-corrected chi connectivity index (χ4v) is 4.21. The average Bonchev–Trinajstić information content (AvgIpc) is 2.47. The van der Waals surface area contributed by atoms with E-state index in [0.717, 1.165) is 0 Å². The van der Waals surface area contributed by atoms with Crippen molar-refractivity contribution in [1.82, 2.24) is 9.62 Å². The lowest BCUT2D eigenvalue weighted by Gasteiger charge is -2.37. The summed E-state index contributed by atoms with van der Waals surface area (Å²) in [6.45, 7) is 6.01. The fraction of sp³-hybridized carbons (Fsp3) is 0.571. The Labute approximate surface area is 121 Å². The number of hydrogen-bond acceptors (Lipinski definition) is 4. The Hall–Kier alpha value is -1.11. The van der Waals surface area contributed by atoms with Gasteiger partial charge in [0.05, 0.1) is 12.0 Å². The van der Waals surface area contributed by atoms with E-state index in [9.17, 15) is 8.42 Å². The molecule has 0 radical (unpaired) electrons. The van der Waals surface area contributed by atoms with Crippen LogP contribution in [0.3, 0.4) is 0 Å². The zero-order chi connectivity index (χ0) is 14.8. The summed E-state index contributed by atoms with van der Waals surface area (Å²) in [6.07, 6.45) is 0. The Morgan fingerprint density at radius 2 is 1.95 bits per heavy atom. The molecule has 0 bridgehead atoms. The van der Waals surface area contributed by atoms with Gasteiger partial charge in [-0.1, -0.05) is 13.8 Å². The minimum atomic E-state index is -3.44. The van der Waals surface area contributed by atoms with Gasteiger partial charge in [0.15, 0.2) is 0 Å². The van der Waals surface area contributed by atoms with Crippen LogP contribution in [-0.4, -0.2) is 45.5 Å². The van der Waals surface area contributed by atoms with Gasteiger partial charge in [0, 0.05) is 25.7 Å². The summed E-state index contributed by atoms with van der Waals surface area (Å²) in [5, 5.41) is 3.26. The molecule has 112 valence electrons. The third-order valence-electron chi connectivity index (χ3n) is 3.67. The summed E-state index contributed by atoms with van der Waals surface area (Å²) in [5.41, 5.74) is 0. The number of methoxy groups -OCH3 is 1. The molecular weight excluding hydrogens is 276 g/mol. The van der Waals surface area contributed by atoms with Gasteiger partial charge in [-0.2, -0.15) is 4.31 Å². The van der Waals surface area contributed by atoms with E-state index in [1.807, 2.05) is 13.8 Å². The molecule has 2 rings (SSSR count). The van der Waals surface area contributed by atoms with Gasteiger partial charge in [-0.15, -0.1) is 0 Å². The quantitative estimate of drug-likeness (QED) is 0.910. The first-order valence-electron chi connectivity index (χ1n) is 6.83. The lowest BCUT2D eigenvalue weighted by Crippen LogP contribution is -2.55. The fourth-order valence-electron chi connectivity index (χ4n) is 2.46. The maximum Gasteiger partial charge on any atom is 0.243 e. The van der Waals surface area contributed by atoms with E-state index < -0.39 is 10.0 Å². The van der Waals surface area contributed by atoms with Crippen LogP contribution in [0.15, 0.2) is 29.2 Å². The monoisotopic (exact) mass is 298 g/mol. The number of sulfonamides is 1. The van der Waals surface area contributed by atoms with Crippen LogP contribution in [-0.2, 0) is 10.0 Å². The highest BCUT2D eigenvalue weighted by molar-refractivity contribution is 7.89. The number of ether oxygens (including phenoxy) is 1. The second-order valence-electron chi connectivity index (χ2n) is 5.31. The van der Waals surface area contributed by atoms with Gasteiger partial charge in [-0.3, -0.25) is 0 Å². The van der Waals surface area contributed by atoms with Crippen molar-refractivity contribution >= 4 is 10.0 Å².